The van der Waals surface area contributed by atoms with Gasteiger partial charge in [-0.2, -0.15) is 0 Å². The molecule has 1 aromatic carbocycles. The third-order valence-electron chi connectivity index (χ3n) is 3.42. The van der Waals surface area contributed by atoms with Crippen LogP contribution in [0.3, 0.4) is 0 Å². The second-order valence-corrected chi connectivity index (χ2v) is 5.23. The lowest BCUT2D eigenvalue weighted by Crippen LogP contribution is -2.20. The van der Waals surface area contributed by atoms with Gasteiger partial charge in [0.1, 0.15) is 18.2 Å². The zero-order chi connectivity index (χ0) is 17.5. The molecule has 0 aliphatic rings. The number of nitrogens with one attached hydrogen (secondary N) is 1. The number of anilines is 2. The highest BCUT2D eigenvalue weighted by Gasteiger charge is 2.13. The Balaban J connectivity index is 2.25. The standard InChI is InChI=1S/C17H21FN4O2/c1-2-14-15(22-17(23)24-7-6-19)10-13(21-16(14)20)9-11-4-3-5-12(18)8-11/h3-5,8,10H,2,6-7,9,19H2,1H3,(H3,20,21,22,23). The molecule has 2 rings (SSSR count). The summed E-state index contributed by atoms with van der Waals surface area (Å²) in [6, 6.07) is 7.99. The van der Waals surface area contributed by atoms with Crippen molar-refractivity contribution in [2.24, 2.45) is 5.73 Å². The molecule has 1 amide bonds. The smallest absolute Gasteiger partial charge is 0.411 e. The monoisotopic (exact) mass is 332 g/mol. The zero-order valence-corrected chi connectivity index (χ0v) is 13.5. The third kappa shape index (κ3) is 4.66. The maximum atomic E-state index is 13.3. The number of benzene rings is 1. The van der Waals surface area contributed by atoms with Crippen molar-refractivity contribution < 1.29 is 13.9 Å². The van der Waals surface area contributed by atoms with Crippen LogP contribution in [0.2, 0.25) is 0 Å². The number of nitrogens with zero attached hydrogens (tertiary/aromatic N) is 1. The number of rotatable bonds is 6. The summed E-state index contributed by atoms with van der Waals surface area (Å²) >= 11 is 0. The summed E-state index contributed by atoms with van der Waals surface area (Å²) in [7, 11) is 0. The molecule has 0 saturated carbocycles. The van der Waals surface area contributed by atoms with Gasteiger partial charge in [-0.25, -0.2) is 14.2 Å². The number of pyridine rings is 1. The van der Waals surface area contributed by atoms with Crippen molar-refractivity contribution in [3.63, 3.8) is 0 Å². The Bertz CT molecular complexity index is 722. The van der Waals surface area contributed by atoms with E-state index in [1.807, 2.05) is 6.92 Å². The molecule has 5 N–H and O–H groups in total. The van der Waals surface area contributed by atoms with E-state index in [0.717, 1.165) is 11.1 Å². The van der Waals surface area contributed by atoms with Crippen LogP contribution < -0.4 is 16.8 Å². The van der Waals surface area contributed by atoms with E-state index in [2.05, 4.69) is 10.3 Å². The average molecular weight is 332 g/mol. The van der Waals surface area contributed by atoms with Crippen LogP contribution >= 0.6 is 0 Å². The number of nitrogens with two attached hydrogens (primary N) is 2. The van der Waals surface area contributed by atoms with E-state index in [4.69, 9.17) is 16.2 Å². The van der Waals surface area contributed by atoms with E-state index < -0.39 is 6.09 Å². The molecule has 0 saturated heterocycles. The van der Waals surface area contributed by atoms with Crippen molar-refractivity contribution in [2.45, 2.75) is 19.8 Å². The van der Waals surface area contributed by atoms with Gasteiger partial charge in [-0.3, -0.25) is 5.32 Å². The number of halogens is 1. The van der Waals surface area contributed by atoms with E-state index in [9.17, 15) is 9.18 Å². The largest absolute Gasteiger partial charge is 0.448 e. The lowest BCUT2D eigenvalue weighted by atomic mass is 10.1. The van der Waals surface area contributed by atoms with Gasteiger partial charge in [0, 0.05) is 24.2 Å². The van der Waals surface area contributed by atoms with E-state index in [0.29, 0.717) is 30.0 Å². The quantitative estimate of drug-likeness (QED) is 0.754. The second kappa shape index (κ2) is 8.26. The van der Waals surface area contributed by atoms with Gasteiger partial charge in [-0.1, -0.05) is 19.1 Å². The summed E-state index contributed by atoms with van der Waals surface area (Å²) in [5.74, 6) is 0.0230. The highest BCUT2D eigenvalue weighted by atomic mass is 19.1. The predicted octanol–water partition coefficient (Wildman–Crippen LogP) is 2.46. The fraction of sp³-hybridized carbons (Fsp3) is 0.294. The molecule has 128 valence electrons. The molecular weight excluding hydrogens is 311 g/mol. The van der Waals surface area contributed by atoms with Crippen molar-refractivity contribution in [1.29, 1.82) is 0 Å². The van der Waals surface area contributed by atoms with E-state index in [1.54, 1.807) is 18.2 Å². The molecule has 0 atom stereocenters. The SMILES string of the molecule is CCc1c(NC(=O)OCCN)cc(Cc2cccc(F)c2)nc1N. The van der Waals surface area contributed by atoms with Gasteiger partial charge < -0.3 is 16.2 Å². The Morgan fingerprint density at radius 3 is 2.83 bits per heavy atom. The van der Waals surface area contributed by atoms with Crippen LogP contribution in [0.25, 0.3) is 0 Å². The number of hydrogen-bond donors (Lipinski definition) is 3. The molecular formula is C17H21FN4O2. The fourth-order valence-electron chi connectivity index (χ4n) is 2.37. The van der Waals surface area contributed by atoms with Gasteiger partial charge >= 0.3 is 6.09 Å². The summed E-state index contributed by atoms with van der Waals surface area (Å²) in [5, 5.41) is 2.66. The number of aromatic nitrogens is 1. The predicted molar refractivity (Wildman–Crippen MR) is 91.3 cm³/mol. The number of carbonyl (C=O) groups is 1. The number of nitrogen functional groups attached to an aromatic ring is 1. The molecule has 7 heteroatoms. The van der Waals surface area contributed by atoms with E-state index in [1.165, 1.54) is 12.1 Å². The molecule has 0 aliphatic heterocycles. The molecule has 1 aromatic heterocycles. The Morgan fingerprint density at radius 2 is 2.17 bits per heavy atom. The molecule has 0 unspecified atom stereocenters. The third-order valence-corrected chi connectivity index (χ3v) is 3.42. The van der Waals surface area contributed by atoms with Gasteiger partial charge in [0.15, 0.2) is 0 Å². The van der Waals surface area contributed by atoms with Gasteiger partial charge in [0.25, 0.3) is 0 Å². The highest BCUT2D eigenvalue weighted by molar-refractivity contribution is 5.86. The molecule has 0 aliphatic carbocycles. The minimum absolute atomic E-state index is 0.129. The van der Waals surface area contributed by atoms with Crippen LogP contribution in [0.4, 0.5) is 20.7 Å². The molecule has 0 fully saturated rings. The molecule has 6 nitrogen and oxygen atoms in total. The maximum Gasteiger partial charge on any atom is 0.411 e. The van der Waals surface area contributed by atoms with E-state index in [-0.39, 0.29) is 19.0 Å². The molecule has 2 aromatic rings. The summed E-state index contributed by atoms with van der Waals surface area (Å²) in [6.07, 6.45) is 0.404. The van der Waals surface area contributed by atoms with E-state index >= 15 is 0 Å². The van der Waals surface area contributed by atoms with Crippen molar-refractivity contribution >= 4 is 17.6 Å². The minimum Gasteiger partial charge on any atom is -0.448 e. The summed E-state index contributed by atoms with van der Waals surface area (Å²) in [5.41, 5.74) is 14.0. The van der Waals surface area contributed by atoms with Crippen molar-refractivity contribution in [2.75, 3.05) is 24.2 Å². The lowest BCUT2D eigenvalue weighted by Gasteiger charge is -2.14. The Kier molecular flexibility index (Phi) is 6.08. The first kappa shape index (κ1) is 17.7. The molecule has 0 radical (unpaired) electrons. The Labute approximate surface area is 140 Å². The summed E-state index contributed by atoms with van der Waals surface area (Å²) < 4.78 is 18.2. The van der Waals surface area contributed by atoms with Gasteiger partial charge in [-0.15, -0.1) is 0 Å². The van der Waals surface area contributed by atoms with Crippen LogP contribution in [0.15, 0.2) is 30.3 Å². The summed E-state index contributed by atoms with van der Waals surface area (Å²) in [4.78, 5) is 16.1. The number of hydrogen-bond acceptors (Lipinski definition) is 5. The van der Waals surface area contributed by atoms with Gasteiger partial charge in [0.2, 0.25) is 0 Å². The van der Waals surface area contributed by atoms with Crippen LogP contribution in [0.1, 0.15) is 23.7 Å². The highest BCUT2D eigenvalue weighted by Crippen LogP contribution is 2.24. The fourth-order valence-corrected chi connectivity index (χ4v) is 2.37. The van der Waals surface area contributed by atoms with Crippen LogP contribution in [0, 0.1) is 5.82 Å². The zero-order valence-electron chi connectivity index (χ0n) is 13.5. The van der Waals surface area contributed by atoms with Gasteiger partial charge in [0.05, 0.1) is 5.69 Å². The van der Waals surface area contributed by atoms with Crippen LogP contribution in [0.5, 0.6) is 0 Å². The average Bonchev–Trinajstić information content (AvgIpc) is 2.53. The number of carbonyl (C=O) groups excluding carboxylic acids is 1. The van der Waals surface area contributed by atoms with Crippen LogP contribution in [-0.4, -0.2) is 24.2 Å². The number of amides is 1. The Hall–Kier alpha value is -2.67. The van der Waals surface area contributed by atoms with Crippen LogP contribution in [-0.2, 0) is 17.6 Å². The van der Waals surface area contributed by atoms with Crippen molar-refractivity contribution in [3.05, 3.63) is 53.0 Å². The topological polar surface area (TPSA) is 103 Å². The first-order valence-electron chi connectivity index (χ1n) is 7.70. The summed E-state index contributed by atoms with van der Waals surface area (Å²) in [6.45, 7) is 2.29. The molecule has 0 spiro atoms. The van der Waals surface area contributed by atoms with Gasteiger partial charge in [-0.05, 0) is 30.2 Å². The molecule has 24 heavy (non-hydrogen) atoms. The first-order valence-corrected chi connectivity index (χ1v) is 7.70. The Morgan fingerprint density at radius 1 is 1.38 bits per heavy atom. The first-order chi connectivity index (χ1) is 11.5. The molecule has 0 bridgehead atoms. The molecule has 1 heterocycles. The normalized spacial score (nSPS) is 10.5. The lowest BCUT2D eigenvalue weighted by molar-refractivity contribution is 0.165. The minimum atomic E-state index is -0.600. The van der Waals surface area contributed by atoms with Crippen molar-refractivity contribution in [1.82, 2.24) is 4.98 Å². The van der Waals surface area contributed by atoms with Crippen molar-refractivity contribution in [3.8, 4) is 0 Å². The second-order valence-electron chi connectivity index (χ2n) is 5.23. The maximum absolute atomic E-state index is 13.3. The number of ether oxygens (including phenoxy) is 1.